The first-order valence-corrected chi connectivity index (χ1v) is 10.2. The summed E-state index contributed by atoms with van der Waals surface area (Å²) in [6.45, 7) is 6.21. The molecule has 0 radical (unpaired) electrons. The minimum atomic E-state index is -0.694. The Morgan fingerprint density at radius 2 is 1.79 bits per heavy atom. The molecule has 0 heterocycles. The molecular weight excluding hydrogens is 376 g/mol. The molecule has 0 unspecified atom stereocenters. The van der Waals surface area contributed by atoms with Crippen molar-refractivity contribution < 1.29 is 14.3 Å². The van der Waals surface area contributed by atoms with E-state index < -0.39 is 6.04 Å². The van der Waals surface area contributed by atoms with Gasteiger partial charge in [-0.25, -0.2) is 0 Å². The number of hydrazine groups is 1. The Balaban J connectivity index is 1.87. The number of benzene rings is 1. The second kappa shape index (κ2) is 10.8. The molecule has 1 aliphatic rings. The molecule has 7 nitrogen and oxygen atoms in total. The highest BCUT2D eigenvalue weighted by Gasteiger charge is 2.25. The zero-order valence-corrected chi connectivity index (χ0v) is 17.5. The van der Waals surface area contributed by atoms with Crippen LogP contribution in [0.1, 0.15) is 56.8 Å². The van der Waals surface area contributed by atoms with Gasteiger partial charge in [-0.3, -0.25) is 20.4 Å². The second-order valence-electron chi connectivity index (χ2n) is 7.22. The van der Waals surface area contributed by atoms with Crippen LogP contribution in [0.25, 0.3) is 0 Å². The molecule has 1 aromatic carbocycles. The van der Waals surface area contributed by atoms with Gasteiger partial charge in [0.1, 0.15) is 11.8 Å². The Hall–Kier alpha value is -2.35. The summed E-state index contributed by atoms with van der Waals surface area (Å²) in [4.78, 5) is 25.0. The molecule has 0 aliphatic heterocycles. The quantitative estimate of drug-likeness (QED) is 0.410. The molecule has 0 saturated heterocycles. The first-order chi connectivity index (χ1) is 13.4. The molecule has 1 fully saturated rings. The van der Waals surface area contributed by atoms with Gasteiger partial charge in [-0.1, -0.05) is 26.7 Å². The Labute approximate surface area is 171 Å². The highest BCUT2D eigenvalue weighted by atomic mass is 32.1. The van der Waals surface area contributed by atoms with Crippen LogP contribution in [0.4, 0.5) is 0 Å². The van der Waals surface area contributed by atoms with Gasteiger partial charge < -0.3 is 15.4 Å². The molecular formula is C20H30N4O3S. The number of thiocarbonyl (C=S) groups is 1. The monoisotopic (exact) mass is 406 g/mol. The summed E-state index contributed by atoms with van der Waals surface area (Å²) in [5, 5.41) is 6.37. The molecule has 154 valence electrons. The molecule has 1 saturated carbocycles. The van der Waals surface area contributed by atoms with E-state index in [9.17, 15) is 9.59 Å². The molecule has 0 bridgehead atoms. The van der Waals surface area contributed by atoms with Crippen molar-refractivity contribution in [1.29, 1.82) is 0 Å². The number of hydrogen-bond donors (Lipinski definition) is 4. The van der Waals surface area contributed by atoms with Crippen molar-refractivity contribution >= 4 is 29.1 Å². The maximum absolute atomic E-state index is 12.5. The van der Waals surface area contributed by atoms with E-state index in [-0.39, 0.29) is 17.7 Å². The summed E-state index contributed by atoms with van der Waals surface area (Å²) >= 11 is 5.22. The topological polar surface area (TPSA) is 91.5 Å². The number of carbonyl (C=O) groups is 2. The normalized spacial score (nSPS) is 15.0. The van der Waals surface area contributed by atoms with Crippen LogP contribution in [0.5, 0.6) is 5.75 Å². The Bertz CT molecular complexity index is 673. The molecule has 8 heteroatoms. The third-order valence-electron chi connectivity index (χ3n) is 4.65. The van der Waals surface area contributed by atoms with Gasteiger partial charge in [-0.15, -0.1) is 0 Å². The van der Waals surface area contributed by atoms with Crippen molar-refractivity contribution in [3.8, 4) is 5.75 Å². The number of carbonyl (C=O) groups excluding carboxylic acids is 2. The van der Waals surface area contributed by atoms with Gasteiger partial charge >= 0.3 is 0 Å². The van der Waals surface area contributed by atoms with E-state index in [0.29, 0.717) is 29.1 Å². The van der Waals surface area contributed by atoms with Gasteiger partial charge in [0.2, 0.25) is 0 Å². The average molecular weight is 407 g/mol. The van der Waals surface area contributed by atoms with Crippen LogP contribution in [0.2, 0.25) is 0 Å². The average Bonchev–Trinajstić information content (AvgIpc) is 3.17. The maximum Gasteiger partial charge on any atom is 0.261 e. The summed E-state index contributed by atoms with van der Waals surface area (Å²) in [5.74, 6) is -0.0529. The first-order valence-electron chi connectivity index (χ1n) is 9.80. The lowest BCUT2D eigenvalue weighted by atomic mass is 10.0. The van der Waals surface area contributed by atoms with Crippen molar-refractivity contribution in [2.75, 3.05) is 6.61 Å². The van der Waals surface area contributed by atoms with E-state index >= 15 is 0 Å². The van der Waals surface area contributed by atoms with Crippen LogP contribution in [0.3, 0.4) is 0 Å². The molecule has 1 aliphatic carbocycles. The van der Waals surface area contributed by atoms with E-state index in [2.05, 4.69) is 21.5 Å². The van der Waals surface area contributed by atoms with Crippen molar-refractivity contribution in [1.82, 2.24) is 21.5 Å². The van der Waals surface area contributed by atoms with E-state index in [4.69, 9.17) is 17.0 Å². The van der Waals surface area contributed by atoms with Crippen LogP contribution in [0, 0.1) is 5.92 Å². The highest BCUT2D eigenvalue weighted by Crippen LogP contribution is 2.17. The van der Waals surface area contributed by atoms with Crippen LogP contribution in [-0.4, -0.2) is 35.6 Å². The summed E-state index contributed by atoms with van der Waals surface area (Å²) in [6, 6.07) is 6.48. The second-order valence-corrected chi connectivity index (χ2v) is 7.63. The summed E-state index contributed by atoms with van der Waals surface area (Å²) in [7, 11) is 0. The van der Waals surface area contributed by atoms with Crippen molar-refractivity contribution in [3.63, 3.8) is 0 Å². The van der Waals surface area contributed by atoms with Gasteiger partial charge in [-0.2, -0.15) is 0 Å². The first kappa shape index (κ1) is 21.9. The van der Waals surface area contributed by atoms with Crippen LogP contribution >= 0.6 is 12.2 Å². The summed E-state index contributed by atoms with van der Waals surface area (Å²) < 4.78 is 5.38. The number of rotatable bonds is 7. The van der Waals surface area contributed by atoms with Gasteiger partial charge in [0.05, 0.1) is 6.61 Å². The molecule has 0 aromatic heterocycles. The van der Waals surface area contributed by atoms with Gasteiger partial charge in [0.15, 0.2) is 5.11 Å². The van der Waals surface area contributed by atoms with E-state index in [1.54, 1.807) is 24.3 Å². The predicted octanol–water partition coefficient (Wildman–Crippen LogP) is 2.28. The lowest BCUT2D eigenvalue weighted by molar-refractivity contribution is -0.124. The Kier molecular flexibility index (Phi) is 8.50. The zero-order valence-electron chi connectivity index (χ0n) is 16.7. The molecule has 4 N–H and O–H groups in total. The third-order valence-corrected chi connectivity index (χ3v) is 4.87. The van der Waals surface area contributed by atoms with Gasteiger partial charge in [0, 0.05) is 11.6 Å². The molecule has 2 amide bonds. The van der Waals surface area contributed by atoms with Gasteiger partial charge in [0.25, 0.3) is 11.8 Å². The van der Waals surface area contributed by atoms with Crippen LogP contribution in [0.15, 0.2) is 24.3 Å². The smallest absolute Gasteiger partial charge is 0.261 e. The predicted molar refractivity (Wildman–Crippen MR) is 113 cm³/mol. The van der Waals surface area contributed by atoms with Crippen LogP contribution in [-0.2, 0) is 4.79 Å². The number of nitrogens with one attached hydrogen (secondary N) is 4. The van der Waals surface area contributed by atoms with Crippen molar-refractivity contribution in [3.05, 3.63) is 29.8 Å². The lowest BCUT2D eigenvalue weighted by Gasteiger charge is -2.23. The highest BCUT2D eigenvalue weighted by molar-refractivity contribution is 7.80. The standard InChI is InChI=1S/C20H30N4O3S/c1-4-27-16-11-9-14(10-12-16)18(25)22-17(13(2)3)19(26)23-24-20(28)21-15-7-5-6-8-15/h9-13,15,17H,4-8H2,1-3H3,(H,22,25)(H,23,26)(H2,21,24,28)/t17-/m0/s1. The molecule has 1 atom stereocenters. The maximum atomic E-state index is 12.5. The Morgan fingerprint density at radius 3 is 2.36 bits per heavy atom. The minimum Gasteiger partial charge on any atom is -0.494 e. The third kappa shape index (κ3) is 6.67. The van der Waals surface area contributed by atoms with E-state index in [0.717, 1.165) is 12.8 Å². The molecule has 0 spiro atoms. The SMILES string of the molecule is CCOc1ccc(C(=O)N[C@H](C(=O)NNC(=S)NC2CCCC2)C(C)C)cc1. The summed E-state index contributed by atoms with van der Waals surface area (Å²) in [5.41, 5.74) is 5.79. The van der Waals surface area contributed by atoms with Crippen molar-refractivity contribution in [2.45, 2.75) is 58.5 Å². The number of ether oxygens (including phenoxy) is 1. The zero-order chi connectivity index (χ0) is 20.5. The fourth-order valence-electron chi connectivity index (χ4n) is 3.12. The molecule has 1 aromatic rings. The molecule has 2 rings (SSSR count). The largest absolute Gasteiger partial charge is 0.494 e. The van der Waals surface area contributed by atoms with Gasteiger partial charge in [-0.05, 0) is 62.2 Å². The van der Waals surface area contributed by atoms with E-state index in [1.165, 1.54) is 12.8 Å². The number of amides is 2. The van der Waals surface area contributed by atoms with Crippen LogP contribution < -0.4 is 26.2 Å². The lowest BCUT2D eigenvalue weighted by Crippen LogP contribution is -2.56. The van der Waals surface area contributed by atoms with Crippen molar-refractivity contribution in [2.24, 2.45) is 5.92 Å². The fraction of sp³-hybridized carbons (Fsp3) is 0.550. The fourth-order valence-corrected chi connectivity index (χ4v) is 3.33. The minimum absolute atomic E-state index is 0.0928. The molecule has 28 heavy (non-hydrogen) atoms. The summed E-state index contributed by atoms with van der Waals surface area (Å²) in [6.07, 6.45) is 4.56. The number of hydrogen-bond acceptors (Lipinski definition) is 4. The Morgan fingerprint density at radius 1 is 1.14 bits per heavy atom. The van der Waals surface area contributed by atoms with E-state index in [1.807, 2.05) is 20.8 Å².